The Morgan fingerprint density at radius 2 is 1.61 bits per heavy atom. The van der Waals surface area contributed by atoms with Gasteiger partial charge in [0.25, 0.3) is 0 Å². The molecular formula is C19H23F2NO5S. The van der Waals surface area contributed by atoms with Crippen LogP contribution in [-0.4, -0.2) is 34.8 Å². The van der Waals surface area contributed by atoms with Crippen molar-refractivity contribution in [2.75, 3.05) is 19.8 Å². The van der Waals surface area contributed by atoms with E-state index in [9.17, 15) is 17.2 Å². The van der Waals surface area contributed by atoms with Crippen LogP contribution < -0.4 is 18.9 Å². The lowest BCUT2D eigenvalue weighted by molar-refractivity contribution is -0.0498. The third-order valence-electron chi connectivity index (χ3n) is 3.68. The summed E-state index contributed by atoms with van der Waals surface area (Å²) >= 11 is 0. The Bertz CT molecular complexity index is 857. The summed E-state index contributed by atoms with van der Waals surface area (Å²) in [6, 6.07) is 10.5. The van der Waals surface area contributed by atoms with E-state index in [1.165, 1.54) is 24.3 Å². The van der Waals surface area contributed by atoms with Gasteiger partial charge in [-0.05, 0) is 50.1 Å². The predicted octanol–water partition coefficient (Wildman–Crippen LogP) is 3.61. The topological polar surface area (TPSA) is 73.9 Å². The van der Waals surface area contributed by atoms with Gasteiger partial charge in [0, 0.05) is 12.6 Å². The Kier molecular flexibility index (Phi) is 8.01. The zero-order valence-electron chi connectivity index (χ0n) is 15.7. The third-order valence-corrected chi connectivity index (χ3v) is 5.14. The minimum absolute atomic E-state index is 0.0529. The quantitative estimate of drug-likeness (QED) is 0.607. The van der Waals surface area contributed by atoms with E-state index in [4.69, 9.17) is 9.47 Å². The van der Waals surface area contributed by atoms with Crippen molar-refractivity contribution in [3.8, 4) is 17.2 Å². The normalized spacial score (nSPS) is 11.5. The number of sulfonamides is 1. The van der Waals surface area contributed by atoms with Crippen LogP contribution in [0.2, 0.25) is 0 Å². The number of nitrogens with one attached hydrogen (secondary N) is 1. The molecular weight excluding hydrogens is 392 g/mol. The predicted molar refractivity (Wildman–Crippen MR) is 101 cm³/mol. The first-order valence-corrected chi connectivity index (χ1v) is 10.3. The van der Waals surface area contributed by atoms with Gasteiger partial charge in [-0.1, -0.05) is 12.1 Å². The molecule has 2 rings (SSSR count). The average molecular weight is 415 g/mol. The highest BCUT2D eigenvalue weighted by Crippen LogP contribution is 2.30. The second-order valence-corrected chi connectivity index (χ2v) is 7.41. The minimum atomic E-state index is -3.74. The Labute approximate surface area is 163 Å². The first kappa shape index (κ1) is 21.9. The van der Waals surface area contributed by atoms with Crippen LogP contribution in [0, 0.1) is 0 Å². The maximum absolute atomic E-state index is 12.5. The van der Waals surface area contributed by atoms with Gasteiger partial charge in [-0.3, -0.25) is 0 Å². The molecule has 0 atom stereocenters. The molecule has 154 valence electrons. The molecule has 0 aliphatic rings. The van der Waals surface area contributed by atoms with Crippen molar-refractivity contribution in [2.24, 2.45) is 0 Å². The van der Waals surface area contributed by atoms with E-state index in [0.717, 1.165) is 5.56 Å². The molecule has 0 saturated heterocycles. The summed E-state index contributed by atoms with van der Waals surface area (Å²) in [5.74, 6) is 0.897. The average Bonchev–Trinajstić information content (AvgIpc) is 2.64. The van der Waals surface area contributed by atoms with Gasteiger partial charge in [0.2, 0.25) is 10.0 Å². The number of halogens is 2. The molecule has 0 amide bonds. The molecule has 0 aliphatic heterocycles. The summed E-state index contributed by atoms with van der Waals surface area (Å²) in [4.78, 5) is 0.0695. The maximum atomic E-state index is 12.5. The summed E-state index contributed by atoms with van der Waals surface area (Å²) < 4.78 is 67.0. The lowest BCUT2D eigenvalue weighted by Gasteiger charge is -2.13. The fraction of sp³-hybridized carbons (Fsp3) is 0.368. The molecule has 2 aromatic carbocycles. The van der Waals surface area contributed by atoms with Crippen molar-refractivity contribution >= 4 is 10.0 Å². The maximum Gasteiger partial charge on any atom is 0.387 e. The monoisotopic (exact) mass is 415 g/mol. The van der Waals surface area contributed by atoms with Crippen LogP contribution in [0.1, 0.15) is 19.4 Å². The Balaban J connectivity index is 2.00. The van der Waals surface area contributed by atoms with E-state index < -0.39 is 16.6 Å². The number of benzene rings is 2. The summed E-state index contributed by atoms with van der Waals surface area (Å²) in [7, 11) is -3.74. The van der Waals surface area contributed by atoms with Crippen molar-refractivity contribution < 1.29 is 31.4 Å². The highest BCUT2D eigenvalue weighted by atomic mass is 32.2. The molecule has 0 fully saturated rings. The molecule has 1 N–H and O–H groups in total. The highest BCUT2D eigenvalue weighted by Gasteiger charge is 2.17. The molecule has 0 unspecified atom stereocenters. The van der Waals surface area contributed by atoms with Crippen LogP contribution in [0.15, 0.2) is 47.4 Å². The molecule has 0 aromatic heterocycles. The lowest BCUT2D eigenvalue weighted by Crippen LogP contribution is -2.26. The van der Waals surface area contributed by atoms with E-state index in [-0.39, 0.29) is 17.2 Å². The van der Waals surface area contributed by atoms with Gasteiger partial charge in [0.15, 0.2) is 11.5 Å². The molecule has 28 heavy (non-hydrogen) atoms. The molecule has 0 saturated carbocycles. The number of hydrogen-bond donors (Lipinski definition) is 1. The smallest absolute Gasteiger partial charge is 0.387 e. The van der Waals surface area contributed by atoms with Crippen LogP contribution in [0.25, 0.3) is 0 Å². The zero-order valence-corrected chi connectivity index (χ0v) is 16.5. The summed E-state index contributed by atoms with van der Waals surface area (Å²) in [5, 5.41) is 0. The third kappa shape index (κ3) is 6.35. The van der Waals surface area contributed by atoms with Gasteiger partial charge in [0.1, 0.15) is 5.75 Å². The molecule has 0 aliphatic carbocycles. The van der Waals surface area contributed by atoms with Crippen molar-refractivity contribution in [3.63, 3.8) is 0 Å². The van der Waals surface area contributed by atoms with E-state index in [2.05, 4.69) is 9.46 Å². The molecule has 0 bridgehead atoms. The van der Waals surface area contributed by atoms with Gasteiger partial charge in [0.05, 0.1) is 18.1 Å². The van der Waals surface area contributed by atoms with Gasteiger partial charge in [-0.15, -0.1) is 0 Å². The van der Waals surface area contributed by atoms with E-state index >= 15 is 0 Å². The van der Waals surface area contributed by atoms with Gasteiger partial charge >= 0.3 is 6.61 Å². The SMILES string of the molecule is CCOc1ccc(S(=O)(=O)NCCc2ccc(OC(F)F)cc2)cc1OCC. The molecule has 0 spiro atoms. The fourth-order valence-corrected chi connectivity index (χ4v) is 3.50. The summed E-state index contributed by atoms with van der Waals surface area (Å²) in [5.41, 5.74) is 0.783. The first-order valence-electron chi connectivity index (χ1n) is 8.78. The number of rotatable bonds is 11. The van der Waals surface area contributed by atoms with Gasteiger partial charge in [-0.2, -0.15) is 8.78 Å². The zero-order chi connectivity index (χ0) is 20.6. The molecule has 0 heterocycles. The summed E-state index contributed by atoms with van der Waals surface area (Å²) in [6.07, 6.45) is 0.392. The van der Waals surface area contributed by atoms with E-state index in [1.807, 2.05) is 6.92 Å². The first-order chi connectivity index (χ1) is 13.4. The fourth-order valence-electron chi connectivity index (χ4n) is 2.45. The molecule has 6 nitrogen and oxygen atoms in total. The van der Waals surface area contributed by atoms with Crippen molar-refractivity contribution in [2.45, 2.75) is 31.8 Å². The van der Waals surface area contributed by atoms with Crippen LogP contribution in [0.4, 0.5) is 8.78 Å². The van der Waals surface area contributed by atoms with E-state index in [0.29, 0.717) is 31.1 Å². The van der Waals surface area contributed by atoms with Crippen molar-refractivity contribution in [1.29, 1.82) is 0 Å². The van der Waals surface area contributed by atoms with Crippen LogP contribution in [0.5, 0.6) is 17.2 Å². The van der Waals surface area contributed by atoms with Gasteiger partial charge in [-0.25, -0.2) is 13.1 Å². The highest BCUT2D eigenvalue weighted by molar-refractivity contribution is 7.89. The van der Waals surface area contributed by atoms with Crippen molar-refractivity contribution in [3.05, 3.63) is 48.0 Å². The Hall–Kier alpha value is -2.39. The second-order valence-electron chi connectivity index (χ2n) is 5.64. The van der Waals surface area contributed by atoms with Crippen LogP contribution >= 0.6 is 0 Å². The molecule has 9 heteroatoms. The van der Waals surface area contributed by atoms with Crippen LogP contribution in [-0.2, 0) is 16.4 Å². The van der Waals surface area contributed by atoms with Gasteiger partial charge < -0.3 is 14.2 Å². The molecule has 0 radical (unpaired) electrons. The summed E-state index contributed by atoms with van der Waals surface area (Å²) in [6.45, 7) is 1.71. The second kappa shape index (κ2) is 10.2. The lowest BCUT2D eigenvalue weighted by atomic mass is 10.1. The minimum Gasteiger partial charge on any atom is -0.490 e. The number of hydrogen-bond acceptors (Lipinski definition) is 5. The largest absolute Gasteiger partial charge is 0.490 e. The number of alkyl halides is 2. The molecule has 2 aromatic rings. The number of ether oxygens (including phenoxy) is 3. The van der Waals surface area contributed by atoms with Crippen LogP contribution in [0.3, 0.4) is 0 Å². The van der Waals surface area contributed by atoms with E-state index in [1.54, 1.807) is 25.1 Å². The standard InChI is InChI=1S/C19H23F2NO5S/c1-3-25-17-10-9-16(13-18(17)26-4-2)28(23,24)22-12-11-14-5-7-15(8-6-14)27-19(20)21/h5-10,13,19,22H,3-4,11-12H2,1-2H3. The van der Waals surface area contributed by atoms with Crippen molar-refractivity contribution in [1.82, 2.24) is 4.72 Å². The Morgan fingerprint density at radius 1 is 0.964 bits per heavy atom. The Morgan fingerprint density at radius 3 is 2.21 bits per heavy atom.